The van der Waals surface area contributed by atoms with Crippen molar-refractivity contribution >= 4 is 11.8 Å². The van der Waals surface area contributed by atoms with E-state index in [0.29, 0.717) is 17.5 Å². The van der Waals surface area contributed by atoms with Gasteiger partial charge in [-0.05, 0) is 37.6 Å². The Bertz CT molecular complexity index is 929. The zero-order chi connectivity index (χ0) is 19.6. The van der Waals surface area contributed by atoms with Gasteiger partial charge in [-0.3, -0.25) is 4.57 Å². The molecule has 0 bridgehead atoms. The second kappa shape index (κ2) is 7.64. The van der Waals surface area contributed by atoms with Crippen molar-refractivity contribution in [3.63, 3.8) is 0 Å². The second-order valence-electron chi connectivity index (χ2n) is 5.98. The summed E-state index contributed by atoms with van der Waals surface area (Å²) in [6.07, 6.45) is -0.999. The van der Waals surface area contributed by atoms with E-state index in [0.717, 1.165) is 29.0 Å². The lowest BCUT2D eigenvalue weighted by atomic mass is 10.1. The molecule has 0 aliphatic heterocycles. The highest BCUT2D eigenvalue weighted by atomic mass is 32.2. The van der Waals surface area contributed by atoms with Crippen LogP contribution in [0.15, 0.2) is 58.8 Å². The first-order valence-corrected chi connectivity index (χ1v) is 9.11. The summed E-state index contributed by atoms with van der Waals surface area (Å²) >= 11 is 1.43. The Morgan fingerprint density at radius 2 is 1.93 bits per heavy atom. The summed E-state index contributed by atoms with van der Waals surface area (Å²) < 4.78 is 45.5. The van der Waals surface area contributed by atoms with Gasteiger partial charge in [0.2, 0.25) is 0 Å². The molecule has 2 aromatic heterocycles. The fraction of sp³-hybridized carbons (Fsp3) is 0.263. The van der Waals surface area contributed by atoms with Crippen LogP contribution in [0.3, 0.4) is 0 Å². The van der Waals surface area contributed by atoms with E-state index in [9.17, 15) is 13.2 Å². The van der Waals surface area contributed by atoms with E-state index in [1.165, 1.54) is 23.9 Å². The molecule has 3 rings (SSSR count). The van der Waals surface area contributed by atoms with E-state index >= 15 is 0 Å². The lowest BCUT2D eigenvalue weighted by Gasteiger charge is -2.14. The van der Waals surface area contributed by atoms with Crippen LogP contribution in [0, 0.1) is 6.92 Å². The standard InChI is InChI=1S/C19H18F3N3OS/c1-4-10-25-17(16-9-11-26-12(16)2)23-24-18(25)27-13(3)14-5-7-15(8-6-14)19(20,21)22/h4-9,11,13H,1,10H2,2-3H3. The number of allylic oxidation sites excluding steroid dienone is 1. The van der Waals surface area contributed by atoms with Crippen LogP contribution in [0.5, 0.6) is 0 Å². The molecule has 27 heavy (non-hydrogen) atoms. The molecule has 4 nitrogen and oxygen atoms in total. The summed E-state index contributed by atoms with van der Waals surface area (Å²) in [5.74, 6) is 1.41. The van der Waals surface area contributed by atoms with Crippen LogP contribution in [-0.4, -0.2) is 14.8 Å². The second-order valence-corrected chi connectivity index (χ2v) is 7.28. The molecule has 0 fully saturated rings. The number of alkyl halides is 3. The normalized spacial score (nSPS) is 12.9. The Labute approximate surface area is 159 Å². The van der Waals surface area contributed by atoms with E-state index < -0.39 is 11.7 Å². The van der Waals surface area contributed by atoms with Crippen molar-refractivity contribution in [3.8, 4) is 11.4 Å². The van der Waals surface area contributed by atoms with Gasteiger partial charge < -0.3 is 4.42 Å². The van der Waals surface area contributed by atoms with Gasteiger partial charge in [0.1, 0.15) is 5.76 Å². The number of thioether (sulfide) groups is 1. The van der Waals surface area contributed by atoms with Gasteiger partial charge in [-0.1, -0.05) is 30.0 Å². The molecule has 3 aromatic rings. The fourth-order valence-corrected chi connectivity index (χ4v) is 3.64. The summed E-state index contributed by atoms with van der Waals surface area (Å²) in [4.78, 5) is 0. The van der Waals surface area contributed by atoms with Crippen LogP contribution < -0.4 is 0 Å². The Kier molecular flexibility index (Phi) is 5.46. The van der Waals surface area contributed by atoms with Gasteiger partial charge in [0.05, 0.1) is 17.4 Å². The quantitative estimate of drug-likeness (QED) is 0.386. The van der Waals surface area contributed by atoms with Crippen LogP contribution in [0.2, 0.25) is 0 Å². The van der Waals surface area contributed by atoms with Gasteiger partial charge in [0.15, 0.2) is 11.0 Å². The smallest absolute Gasteiger partial charge is 0.416 e. The highest BCUT2D eigenvalue weighted by Gasteiger charge is 2.30. The third-order valence-electron chi connectivity index (χ3n) is 4.12. The molecule has 0 spiro atoms. The molecule has 2 heterocycles. The number of benzene rings is 1. The number of aromatic nitrogens is 3. The molecule has 0 amide bonds. The van der Waals surface area contributed by atoms with Crippen molar-refractivity contribution in [1.29, 1.82) is 0 Å². The van der Waals surface area contributed by atoms with Crippen molar-refractivity contribution < 1.29 is 17.6 Å². The average Bonchev–Trinajstić information content (AvgIpc) is 3.21. The van der Waals surface area contributed by atoms with Gasteiger partial charge >= 0.3 is 6.18 Å². The topological polar surface area (TPSA) is 43.9 Å². The molecule has 1 aromatic carbocycles. The third-order valence-corrected chi connectivity index (χ3v) is 5.26. The summed E-state index contributed by atoms with van der Waals surface area (Å²) in [5, 5.41) is 9.09. The largest absolute Gasteiger partial charge is 0.469 e. The lowest BCUT2D eigenvalue weighted by Crippen LogP contribution is -2.05. The molecule has 0 aliphatic carbocycles. The van der Waals surface area contributed by atoms with E-state index in [4.69, 9.17) is 4.42 Å². The van der Waals surface area contributed by atoms with E-state index in [1.807, 2.05) is 24.5 Å². The van der Waals surface area contributed by atoms with E-state index in [1.54, 1.807) is 12.3 Å². The van der Waals surface area contributed by atoms with Gasteiger partial charge in [-0.25, -0.2) is 0 Å². The number of hydrogen-bond acceptors (Lipinski definition) is 4. The van der Waals surface area contributed by atoms with Crippen LogP contribution in [-0.2, 0) is 12.7 Å². The predicted octanol–water partition coefficient (Wildman–Crippen LogP) is 5.90. The highest BCUT2D eigenvalue weighted by molar-refractivity contribution is 7.99. The van der Waals surface area contributed by atoms with Crippen LogP contribution in [0.4, 0.5) is 13.2 Å². The Morgan fingerprint density at radius 1 is 1.22 bits per heavy atom. The Hall–Kier alpha value is -2.48. The minimum Gasteiger partial charge on any atom is -0.469 e. The molecule has 0 radical (unpaired) electrons. The number of hydrogen-bond donors (Lipinski definition) is 0. The first-order valence-electron chi connectivity index (χ1n) is 8.23. The molecular weight excluding hydrogens is 375 g/mol. The lowest BCUT2D eigenvalue weighted by molar-refractivity contribution is -0.137. The van der Waals surface area contributed by atoms with Crippen molar-refractivity contribution in [3.05, 3.63) is 66.1 Å². The van der Waals surface area contributed by atoms with Crippen molar-refractivity contribution in [1.82, 2.24) is 14.8 Å². The molecule has 8 heteroatoms. The van der Waals surface area contributed by atoms with E-state index in [2.05, 4.69) is 16.8 Å². The molecule has 0 saturated carbocycles. The maximum absolute atomic E-state index is 12.7. The molecule has 142 valence electrons. The Morgan fingerprint density at radius 3 is 2.48 bits per heavy atom. The Balaban J connectivity index is 1.86. The number of nitrogens with zero attached hydrogens (tertiary/aromatic N) is 3. The monoisotopic (exact) mass is 393 g/mol. The SMILES string of the molecule is C=CCn1c(SC(C)c2ccc(C(F)(F)F)cc2)nnc1-c1ccoc1C. The number of furan rings is 1. The van der Waals surface area contributed by atoms with Gasteiger partial charge in [-0.2, -0.15) is 13.2 Å². The van der Waals surface area contributed by atoms with E-state index in [-0.39, 0.29) is 5.25 Å². The molecule has 1 unspecified atom stereocenters. The van der Waals surface area contributed by atoms with Crippen molar-refractivity contribution in [2.24, 2.45) is 0 Å². The molecule has 0 N–H and O–H groups in total. The van der Waals surface area contributed by atoms with Crippen LogP contribution in [0.25, 0.3) is 11.4 Å². The zero-order valence-electron chi connectivity index (χ0n) is 14.8. The first-order chi connectivity index (χ1) is 12.8. The summed E-state index contributed by atoms with van der Waals surface area (Å²) in [6, 6.07) is 7.01. The highest BCUT2D eigenvalue weighted by Crippen LogP contribution is 2.37. The summed E-state index contributed by atoms with van der Waals surface area (Å²) in [5.41, 5.74) is 0.969. The maximum Gasteiger partial charge on any atom is 0.416 e. The van der Waals surface area contributed by atoms with Crippen molar-refractivity contribution in [2.45, 2.75) is 37.0 Å². The number of aryl methyl sites for hydroxylation is 1. The van der Waals surface area contributed by atoms with Gasteiger partial charge in [0, 0.05) is 11.8 Å². The zero-order valence-corrected chi connectivity index (χ0v) is 15.6. The predicted molar refractivity (Wildman–Crippen MR) is 98.4 cm³/mol. The number of halogens is 3. The minimum absolute atomic E-state index is 0.0988. The van der Waals surface area contributed by atoms with Crippen molar-refractivity contribution in [2.75, 3.05) is 0 Å². The van der Waals surface area contributed by atoms with Crippen LogP contribution in [0.1, 0.15) is 29.1 Å². The molecular formula is C19H18F3N3OS. The van der Waals surface area contributed by atoms with Crippen LogP contribution >= 0.6 is 11.8 Å². The average molecular weight is 393 g/mol. The first kappa shape index (κ1) is 19.3. The minimum atomic E-state index is -4.34. The molecule has 0 aliphatic rings. The van der Waals surface area contributed by atoms with Gasteiger partial charge in [0.25, 0.3) is 0 Å². The maximum atomic E-state index is 12.7. The fourth-order valence-electron chi connectivity index (χ4n) is 2.66. The number of rotatable bonds is 6. The van der Waals surface area contributed by atoms with Gasteiger partial charge in [-0.15, -0.1) is 16.8 Å². The third kappa shape index (κ3) is 4.10. The molecule has 1 atom stereocenters. The molecule has 0 saturated heterocycles. The summed E-state index contributed by atoms with van der Waals surface area (Å²) in [6.45, 7) is 8.05. The summed E-state index contributed by atoms with van der Waals surface area (Å²) in [7, 11) is 0.